The minimum absolute atomic E-state index is 0.0815. The zero-order valence-corrected chi connectivity index (χ0v) is 9.28. The van der Waals surface area contributed by atoms with Crippen molar-refractivity contribution in [1.29, 1.82) is 0 Å². The Hall–Kier alpha value is -1.13. The fraction of sp³-hybridized carbons (Fsp3) is 0.500. The smallest absolute Gasteiger partial charge is 0.124 e. The second-order valence-electron chi connectivity index (χ2n) is 3.95. The van der Waals surface area contributed by atoms with E-state index in [0.29, 0.717) is 12.3 Å². The molecule has 0 unspecified atom stereocenters. The van der Waals surface area contributed by atoms with Crippen molar-refractivity contribution < 1.29 is 13.9 Å². The van der Waals surface area contributed by atoms with Gasteiger partial charge in [-0.3, -0.25) is 0 Å². The molecule has 1 aromatic rings. The number of rotatable bonds is 3. The van der Waals surface area contributed by atoms with E-state index >= 15 is 0 Å². The van der Waals surface area contributed by atoms with Crippen LogP contribution in [0.2, 0.25) is 0 Å². The molecule has 1 aromatic carbocycles. The van der Waals surface area contributed by atoms with Gasteiger partial charge in [0.2, 0.25) is 0 Å². The van der Waals surface area contributed by atoms with Gasteiger partial charge >= 0.3 is 0 Å². The summed E-state index contributed by atoms with van der Waals surface area (Å²) in [6, 6.07) is 4.49. The topological polar surface area (TPSA) is 44.5 Å². The van der Waals surface area contributed by atoms with Crippen LogP contribution in [0.4, 0.5) is 4.39 Å². The molecule has 3 nitrogen and oxygen atoms in total. The number of hydrogen-bond donors (Lipinski definition) is 1. The first kappa shape index (κ1) is 11.4. The van der Waals surface area contributed by atoms with Gasteiger partial charge in [0.25, 0.3) is 0 Å². The third kappa shape index (κ3) is 2.18. The molecule has 2 N–H and O–H groups in total. The zero-order valence-electron chi connectivity index (χ0n) is 9.28. The molecule has 1 saturated heterocycles. The second-order valence-corrected chi connectivity index (χ2v) is 3.95. The summed E-state index contributed by atoms with van der Waals surface area (Å²) in [7, 11) is 1.58. The van der Waals surface area contributed by atoms with Crippen molar-refractivity contribution in [3.63, 3.8) is 0 Å². The van der Waals surface area contributed by atoms with Crippen LogP contribution in [0, 0.1) is 5.82 Å². The predicted octanol–water partition coefficient (Wildman–Crippen LogP) is 2.01. The summed E-state index contributed by atoms with van der Waals surface area (Å²) in [5, 5.41) is 0. The molecule has 1 fully saturated rings. The lowest BCUT2D eigenvalue weighted by Crippen LogP contribution is -2.18. The van der Waals surface area contributed by atoms with Gasteiger partial charge in [0.1, 0.15) is 11.6 Å². The van der Waals surface area contributed by atoms with E-state index in [0.717, 1.165) is 18.4 Å². The van der Waals surface area contributed by atoms with Crippen LogP contribution < -0.4 is 10.5 Å². The number of nitrogens with two attached hydrogens (primary N) is 1. The molecule has 0 aromatic heterocycles. The number of halogens is 1. The summed E-state index contributed by atoms with van der Waals surface area (Å²) in [4.78, 5) is 0. The van der Waals surface area contributed by atoms with Crippen LogP contribution in [0.5, 0.6) is 5.75 Å². The van der Waals surface area contributed by atoms with Crippen LogP contribution in [-0.2, 0) is 4.74 Å². The van der Waals surface area contributed by atoms with E-state index in [-0.39, 0.29) is 18.0 Å². The Morgan fingerprint density at radius 3 is 2.94 bits per heavy atom. The van der Waals surface area contributed by atoms with Gasteiger partial charge < -0.3 is 15.2 Å². The van der Waals surface area contributed by atoms with Gasteiger partial charge in [-0.25, -0.2) is 4.39 Å². The Kier molecular flexibility index (Phi) is 3.41. The molecule has 1 aliphatic heterocycles. The van der Waals surface area contributed by atoms with Gasteiger partial charge in [0.15, 0.2) is 0 Å². The molecule has 0 aliphatic carbocycles. The molecule has 88 valence electrons. The number of benzene rings is 1. The van der Waals surface area contributed by atoms with Gasteiger partial charge in [0.05, 0.1) is 19.3 Å². The van der Waals surface area contributed by atoms with Gasteiger partial charge in [-0.1, -0.05) is 0 Å². The molecule has 0 radical (unpaired) electrons. The van der Waals surface area contributed by atoms with E-state index in [1.165, 1.54) is 12.1 Å². The number of hydrogen-bond acceptors (Lipinski definition) is 3. The largest absolute Gasteiger partial charge is 0.496 e. The Bertz CT molecular complexity index is 370. The van der Waals surface area contributed by atoms with Gasteiger partial charge in [-0.2, -0.15) is 0 Å². The highest BCUT2D eigenvalue weighted by atomic mass is 19.1. The van der Waals surface area contributed by atoms with Crippen LogP contribution >= 0.6 is 0 Å². The van der Waals surface area contributed by atoms with Gasteiger partial charge in [0, 0.05) is 12.1 Å². The highest BCUT2D eigenvalue weighted by Gasteiger charge is 2.27. The van der Waals surface area contributed by atoms with Crippen molar-refractivity contribution in [2.45, 2.75) is 25.0 Å². The van der Waals surface area contributed by atoms with E-state index in [1.807, 2.05) is 0 Å². The molecule has 1 aliphatic rings. The second kappa shape index (κ2) is 4.80. The fourth-order valence-electron chi connectivity index (χ4n) is 2.06. The zero-order chi connectivity index (χ0) is 11.5. The molecule has 0 bridgehead atoms. The van der Waals surface area contributed by atoms with Crippen molar-refractivity contribution in [2.24, 2.45) is 5.73 Å². The first-order chi connectivity index (χ1) is 7.74. The first-order valence-electron chi connectivity index (χ1n) is 5.43. The Morgan fingerprint density at radius 1 is 1.50 bits per heavy atom. The quantitative estimate of drug-likeness (QED) is 0.855. The molecule has 0 spiro atoms. The maximum absolute atomic E-state index is 13.2. The summed E-state index contributed by atoms with van der Waals surface area (Å²) in [6.07, 6.45) is 1.76. The Labute approximate surface area is 94.3 Å². The average Bonchev–Trinajstić information content (AvgIpc) is 2.77. The lowest BCUT2D eigenvalue weighted by Gasteiger charge is -2.15. The summed E-state index contributed by atoms with van der Waals surface area (Å²) in [5.74, 6) is 0.402. The van der Waals surface area contributed by atoms with E-state index in [1.54, 1.807) is 13.2 Å². The fourth-order valence-corrected chi connectivity index (χ4v) is 2.06. The monoisotopic (exact) mass is 225 g/mol. The molecule has 0 amide bonds. The minimum Gasteiger partial charge on any atom is -0.496 e. The Morgan fingerprint density at radius 2 is 2.31 bits per heavy atom. The molecular weight excluding hydrogens is 209 g/mol. The maximum atomic E-state index is 13.2. The maximum Gasteiger partial charge on any atom is 0.124 e. The van der Waals surface area contributed by atoms with E-state index < -0.39 is 0 Å². The van der Waals surface area contributed by atoms with Gasteiger partial charge in [-0.15, -0.1) is 0 Å². The SMILES string of the molecule is COc1ccc(F)cc1[C@@H]1CC[C@H](CN)O1. The van der Waals surface area contributed by atoms with Crippen LogP contribution in [0.1, 0.15) is 24.5 Å². The van der Waals surface area contributed by atoms with Crippen molar-refractivity contribution >= 4 is 0 Å². The van der Waals surface area contributed by atoms with Crippen LogP contribution in [0.25, 0.3) is 0 Å². The van der Waals surface area contributed by atoms with Crippen molar-refractivity contribution in [3.05, 3.63) is 29.6 Å². The predicted molar refractivity (Wildman–Crippen MR) is 58.9 cm³/mol. The molecule has 4 heteroatoms. The average molecular weight is 225 g/mol. The summed E-state index contributed by atoms with van der Waals surface area (Å²) < 4.78 is 24.1. The lowest BCUT2D eigenvalue weighted by molar-refractivity contribution is 0.0483. The Balaban J connectivity index is 2.22. The van der Waals surface area contributed by atoms with E-state index in [4.69, 9.17) is 15.2 Å². The van der Waals surface area contributed by atoms with Crippen molar-refractivity contribution in [2.75, 3.05) is 13.7 Å². The lowest BCUT2D eigenvalue weighted by atomic mass is 10.0. The van der Waals surface area contributed by atoms with Crippen molar-refractivity contribution in [1.82, 2.24) is 0 Å². The standard InChI is InChI=1S/C12H16FNO2/c1-15-11-4-2-8(13)6-10(11)12-5-3-9(7-14)16-12/h2,4,6,9,12H,3,5,7,14H2,1H3/t9-,12+/m1/s1. The molecule has 2 atom stereocenters. The summed E-state index contributed by atoms with van der Waals surface area (Å²) >= 11 is 0. The van der Waals surface area contributed by atoms with Crippen molar-refractivity contribution in [3.8, 4) is 5.75 Å². The van der Waals surface area contributed by atoms with Crippen LogP contribution in [0.15, 0.2) is 18.2 Å². The van der Waals surface area contributed by atoms with E-state index in [9.17, 15) is 4.39 Å². The highest BCUT2D eigenvalue weighted by molar-refractivity contribution is 5.36. The normalized spacial score (nSPS) is 24.7. The third-order valence-electron chi connectivity index (χ3n) is 2.91. The number of methoxy groups -OCH3 is 1. The molecule has 1 heterocycles. The molecule has 16 heavy (non-hydrogen) atoms. The van der Waals surface area contributed by atoms with E-state index in [2.05, 4.69) is 0 Å². The minimum atomic E-state index is -0.268. The highest BCUT2D eigenvalue weighted by Crippen LogP contribution is 2.37. The molecular formula is C12H16FNO2. The van der Waals surface area contributed by atoms with Gasteiger partial charge in [-0.05, 0) is 31.0 Å². The van der Waals surface area contributed by atoms with Crippen LogP contribution in [0.3, 0.4) is 0 Å². The number of ether oxygens (including phenoxy) is 2. The summed E-state index contributed by atoms with van der Waals surface area (Å²) in [5.41, 5.74) is 6.32. The van der Waals surface area contributed by atoms with Crippen LogP contribution in [-0.4, -0.2) is 19.8 Å². The third-order valence-corrected chi connectivity index (χ3v) is 2.91. The first-order valence-corrected chi connectivity index (χ1v) is 5.43. The summed E-state index contributed by atoms with van der Waals surface area (Å²) in [6.45, 7) is 0.508. The molecule has 2 rings (SSSR count). The molecule has 0 saturated carbocycles.